The number of likely N-dealkylation sites (tertiary alicyclic amines) is 1. The van der Waals surface area contributed by atoms with Crippen LogP contribution in [0.3, 0.4) is 0 Å². The van der Waals surface area contributed by atoms with Crippen molar-refractivity contribution in [1.29, 1.82) is 0 Å². The Labute approximate surface area is 147 Å². The van der Waals surface area contributed by atoms with Crippen molar-refractivity contribution < 1.29 is 9.84 Å². The molecular weight excluding hydrogens is 298 g/mol. The van der Waals surface area contributed by atoms with Crippen molar-refractivity contribution in [3.8, 4) is 5.75 Å². The van der Waals surface area contributed by atoms with Gasteiger partial charge in [0.15, 0.2) is 0 Å². The molecule has 1 N–H and O–H groups in total. The van der Waals surface area contributed by atoms with E-state index >= 15 is 0 Å². The molecule has 3 heteroatoms. The van der Waals surface area contributed by atoms with Crippen molar-refractivity contribution in [2.24, 2.45) is 11.3 Å². The molecule has 1 saturated heterocycles. The summed E-state index contributed by atoms with van der Waals surface area (Å²) < 4.78 is 5.24. The third-order valence-corrected chi connectivity index (χ3v) is 6.23. The third kappa shape index (κ3) is 4.52. The van der Waals surface area contributed by atoms with Crippen LogP contribution >= 0.6 is 0 Å². The average molecular weight is 332 g/mol. The van der Waals surface area contributed by atoms with Gasteiger partial charge in [0.1, 0.15) is 5.75 Å². The molecule has 1 aromatic rings. The van der Waals surface area contributed by atoms with Crippen molar-refractivity contribution in [1.82, 2.24) is 4.90 Å². The fourth-order valence-corrected chi connectivity index (χ4v) is 4.51. The van der Waals surface area contributed by atoms with Crippen molar-refractivity contribution in [2.75, 3.05) is 33.4 Å². The first-order chi connectivity index (χ1) is 11.7. The maximum absolute atomic E-state index is 10.1. The fourth-order valence-electron chi connectivity index (χ4n) is 4.51. The first-order valence-electron chi connectivity index (χ1n) is 9.69. The van der Waals surface area contributed by atoms with E-state index in [1.54, 1.807) is 7.11 Å². The van der Waals surface area contributed by atoms with Gasteiger partial charge in [0, 0.05) is 13.2 Å². The number of nitrogens with zero attached hydrogens (tertiary/aromatic N) is 1. The molecule has 0 spiro atoms. The molecule has 0 bridgehead atoms. The van der Waals surface area contributed by atoms with Gasteiger partial charge >= 0.3 is 0 Å². The van der Waals surface area contributed by atoms with Gasteiger partial charge in [0.05, 0.1) is 7.11 Å². The van der Waals surface area contributed by atoms with Crippen LogP contribution in [0.1, 0.15) is 50.5 Å². The van der Waals surface area contributed by atoms with Crippen molar-refractivity contribution >= 4 is 0 Å². The zero-order valence-corrected chi connectivity index (χ0v) is 15.2. The first-order valence-corrected chi connectivity index (χ1v) is 9.69. The van der Waals surface area contributed by atoms with E-state index in [1.165, 1.54) is 44.2 Å². The SMILES string of the molecule is COc1ccc(CC2(CO)CCN(CC3CCCCC3)CC2)cc1. The molecule has 0 atom stereocenters. The van der Waals surface area contributed by atoms with E-state index in [-0.39, 0.29) is 5.41 Å². The predicted molar refractivity (Wildman–Crippen MR) is 98.5 cm³/mol. The monoisotopic (exact) mass is 331 g/mol. The molecule has 0 radical (unpaired) electrons. The van der Waals surface area contributed by atoms with Crippen LogP contribution in [-0.2, 0) is 6.42 Å². The standard InChI is InChI=1S/C21H33NO2/c1-24-20-9-7-18(8-10-20)15-21(17-23)11-13-22(14-12-21)16-19-5-3-2-4-6-19/h7-10,19,23H,2-6,11-17H2,1H3. The number of methoxy groups -OCH3 is 1. The molecule has 1 aromatic carbocycles. The number of hydrogen-bond donors (Lipinski definition) is 1. The number of aliphatic hydroxyl groups is 1. The summed E-state index contributed by atoms with van der Waals surface area (Å²) >= 11 is 0. The van der Waals surface area contributed by atoms with Gasteiger partial charge in [-0.1, -0.05) is 31.4 Å². The summed E-state index contributed by atoms with van der Waals surface area (Å²) in [6.45, 7) is 3.88. The number of ether oxygens (including phenoxy) is 1. The molecule has 2 fully saturated rings. The van der Waals surface area contributed by atoms with Crippen LogP contribution in [-0.4, -0.2) is 43.4 Å². The van der Waals surface area contributed by atoms with Crippen LogP contribution in [0.25, 0.3) is 0 Å². The van der Waals surface area contributed by atoms with E-state index in [2.05, 4.69) is 17.0 Å². The van der Waals surface area contributed by atoms with Gasteiger partial charge in [-0.15, -0.1) is 0 Å². The Kier molecular flexibility index (Phi) is 6.18. The first kappa shape index (κ1) is 17.8. The molecule has 1 aliphatic carbocycles. The minimum absolute atomic E-state index is 0.0671. The zero-order valence-electron chi connectivity index (χ0n) is 15.2. The number of piperidine rings is 1. The third-order valence-electron chi connectivity index (χ3n) is 6.23. The normalized spacial score (nSPS) is 22.4. The maximum atomic E-state index is 10.1. The highest BCUT2D eigenvalue weighted by atomic mass is 16.5. The Balaban J connectivity index is 1.52. The Bertz CT molecular complexity index is 485. The largest absolute Gasteiger partial charge is 0.497 e. The van der Waals surface area contributed by atoms with E-state index < -0.39 is 0 Å². The van der Waals surface area contributed by atoms with Crippen LogP contribution in [0.5, 0.6) is 5.75 Å². The lowest BCUT2D eigenvalue weighted by Gasteiger charge is -2.42. The molecule has 0 aromatic heterocycles. The van der Waals surface area contributed by atoms with Crippen LogP contribution in [0.2, 0.25) is 0 Å². The second kappa shape index (κ2) is 8.35. The Morgan fingerprint density at radius 3 is 2.33 bits per heavy atom. The summed E-state index contributed by atoms with van der Waals surface area (Å²) in [5, 5.41) is 10.1. The molecule has 1 heterocycles. The highest BCUT2D eigenvalue weighted by Crippen LogP contribution is 2.36. The lowest BCUT2D eigenvalue weighted by molar-refractivity contribution is 0.0361. The minimum atomic E-state index is 0.0671. The quantitative estimate of drug-likeness (QED) is 0.858. The summed E-state index contributed by atoms with van der Waals surface area (Å²) in [4.78, 5) is 2.65. The fraction of sp³-hybridized carbons (Fsp3) is 0.714. The molecule has 134 valence electrons. The summed E-state index contributed by atoms with van der Waals surface area (Å²) in [5.41, 5.74) is 1.38. The molecule has 24 heavy (non-hydrogen) atoms. The van der Waals surface area contributed by atoms with Crippen LogP contribution < -0.4 is 4.74 Å². The molecule has 1 saturated carbocycles. The Hall–Kier alpha value is -1.06. The second-order valence-corrected chi connectivity index (χ2v) is 7.99. The smallest absolute Gasteiger partial charge is 0.118 e. The summed E-state index contributed by atoms with van der Waals surface area (Å²) in [7, 11) is 1.70. The Morgan fingerprint density at radius 2 is 1.75 bits per heavy atom. The van der Waals surface area contributed by atoms with E-state index in [0.717, 1.165) is 44.0 Å². The van der Waals surface area contributed by atoms with Gasteiger partial charge in [0.2, 0.25) is 0 Å². The zero-order chi connectivity index (χ0) is 16.8. The van der Waals surface area contributed by atoms with Crippen molar-refractivity contribution in [2.45, 2.75) is 51.4 Å². The highest BCUT2D eigenvalue weighted by Gasteiger charge is 2.34. The van der Waals surface area contributed by atoms with Gasteiger partial charge in [-0.3, -0.25) is 0 Å². The average Bonchev–Trinajstić information content (AvgIpc) is 2.65. The summed E-state index contributed by atoms with van der Waals surface area (Å²) in [6, 6.07) is 8.34. The highest BCUT2D eigenvalue weighted by molar-refractivity contribution is 5.28. The van der Waals surface area contributed by atoms with Gasteiger partial charge in [-0.05, 0) is 74.2 Å². The van der Waals surface area contributed by atoms with Gasteiger partial charge in [-0.25, -0.2) is 0 Å². The topological polar surface area (TPSA) is 32.7 Å². The van der Waals surface area contributed by atoms with Crippen LogP contribution in [0.15, 0.2) is 24.3 Å². The Morgan fingerprint density at radius 1 is 1.08 bits per heavy atom. The van der Waals surface area contributed by atoms with E-state index in [9.17, 15) is 5.11 Å². The molecule has 0 unspecified atom stereocenters. The number of benzene rings is 1. The number of aliphatic hydroxyl groups excluding tert-OH is 1. The van der Waals surface area contributed by atoms with E-state index in [0.29, 0.717) is 6.61 Å². The molecular formula is C21H33NO2. The molecule has 1 aliphatic heterocycles. The molecule has 0 amide bonds. The van der Waals surface area contributed by atoms with E-state index in [1.807, 2.05) is 12.1 Å². The minimum Gasteiger partial charge on any atom is -0.497 e. The van der Waals surface area contributed by atoms with Crippen LogP contribution in [0.4, 0.5) is 0 Å². The summed E-state index contributed by atoms with van der Waals surface area (Å²) in [6.07, 6.45) is 10.3. The van der Waals surface area contributed by atoms with Crippen molar-refractivity contribution in [3.05, 3.63) is 29.8 Å². The summed E-state index contributed by atoms with van der Waals surface area (Å²) in [5.74, 6) is 1.82. The number of hydrogen-bond acceptors (Lipinski definition) is 3. The molecule has 3 rings (SSSR count). The number of rotatable bonds is 6. The van der Waals surface area contributed by atoms with E-state index in [4.69, 9.17) is 4.74 Å². The van der Waals surface area contributed by atoms with Crippen molar-refractivity contribution in [3.63, 3.8) is 0 Å². The lowest BCUT2D eigenvalue weighted by Crippen LogP contribution is -2.44. The lowest BCUT2D eigenvalue weighted by atomic mass is 9.74. The van der Waals surface area contributed by atoms with Gasteiger partial charge in [-0.2, -0.15) is 0 Å². The molecule has 3 nitrogen and oxygen atoms in total. The second-order valence-electron chi connectivity index (χ2n) is 7.99. The van der Waals surface area contributed by atoms with Gasteiger partial charge < -0.3 is 14.7 Å². The molecule has 2 aliphatic rings. The van der Waals surface area contributed by atoms with Gasteiger partial charge in [0.25, 0.3) is 0 Å². The van der Waals surface area contributed by atoms with Crippen LogP contribution in [0, 0.1) is 11.3 Å². The maximum Gasteiger partial charge on any atom is 0.118 e. The predicted octanol–water partition coefficient (Wildman–Crippen LogP) is 3.89.